The number of aryl methyl sites for hydroxylation is 1. The maximum Gasteiger partial charge on any atom is 0.231 e. The molecule has 0 amide bonds. The first-order valence-electron chi connectivity index (χ1n) is 5.92. The van der Waals surface area contributed by atoms with E-state index in [1.807, 2.05) is 6.07 Å². The van der Waals surface area contributed by atoms with E-state index >= 15 is 0 Å². The zero-order chi connectivity index (χ0) is 11.4. The monoisotopic (exact) mass is 222 g/mol. The fourth-order valence-corrected chi connectivity index (χ4v) is 1.92. The molecule has 0 unspecified atom stereocenters. The lowest BCUT2D eigenvalue weighted by Crippen LogP contribution is -1.93. The van der Waals surface area contributed by atoms with Crippen LogP contribution >= 0.6 is 0 Å². The minimum atomic E-state index is 0.258. The Hall–Kier alpha value is -1.38. The molecule has 0 saturated carbocycles. The van der Waals surface area contributed by atoms with Crippen molar-refractivity contribution in [1.82, 2.24) is 0 Å². The number of fused-ring (bicyclic) bond motifs is 1. The molecule has 2 rings (SSSR count). The van der Waals surface area contributed by atoms with Gasteiger partial charge in [-0.1, -0.05) is 26.2 Å². The van der Waals surface area contributed by atoms with E-state index < -0.39 is 0 Å². The van der Waals surface area contributed by atoms with E-state index in [-0.39, 0.29) is 6.79 Å². The molecule has 1 aromatic rings. The van der Waals surface area contributed by atoms with Gasteiger partial charge >= 0.3 is 0 Å². The Morgan fingerprint density at radius 3 is 2.62 bits per heavy atom. The SMILES string of the molecule is CCCCCCc1cc2c(cc1O)OCO2. The summed E-state index contributed by atoms with van der Waals surface area (Å²) in [7, 11) is 0. The Labute approximate surface area is 96.0 Å². The van der Waals surface area contributed by atoms with Gasteiger partial charge in [0.2, 0.25) is 6.79 Å². The van der Waals surface area contributed by atoms with Gasteiger partial charge in [0, 0.05) is 6.07 Å². The van der Waals surface area contributed by atoms with E-state index in [9.17, 15) is 5.11 Å². The standard InChI is InChI=1S/C13H18O3/c1-2-3-4-5-6-10-7-12-13(8-11(10)14)16-9-15-12/h7-8,14H,2-6,9H2,1H3. The maximum absolute atomic E-state index is 9.80. The van der Waals surface area contributed by atoms with E-state index in [0.29, 0.717) is 11.5 Å². The van der Waals surface area contributed by atoms with Crippen LogP contribution < -0.4 is 9.47 Å². The minimum absolute atomic E-state index is 0.258. The lowest BCUT2D eigenvalue weighted by Gasteiger charge is -2.06. The molecule has 1 aromatic carbocycles. The van der Waals surface area contributed by atoms with Gasteiger partial charge in [-0.15, -0.1) is 0 Å². The van der Waals surface area contributed by atoms with E-state index in [1.165, 1.54) is 19.3 Å². The van der Waals surface area contributed by atoms with Gasteiger partial charge in [-0.25, -0.2) is 0 Å². The highest BCUT2D eigenvalue weighted by molar-refractivity contribution is 5.51. The molecule has 1 aliphatic rings. The molecule has 16 heavy (non-hydrogen) atoms. The first-order valence-corrected chi connectivity index (χ1v) is 5.92. The van der Waals surface area contributed by atoms with Crippen LogP contribution in [0.5, 0.6) is 17.2 Å². The zero-order valence-corrected chi connectivity index (χ0v) is 9.66. The molecule has 0 aliphatic carbocycles. The predicted octanol–water partition coefficient (Wildman–Crippen LogP) is 3.24. The summed E-state index contributed by atoms with van der Waals surface area (Å²) in [6.45, 7) is 2.45. The van der Waals surface area contributed by atoms with Gasteiger partial charge in [-0.05, 0) is 24.5 Å². The summed E-state index contributed by atoms with van der Waals surface area (Å²) in [4.78, 5) is 0. The molecule has 88 valence electrons. The predicted molar refractivity (Wildman–Crippen MR) is 62.1 cm³/mol. The molecule has 1 aliphatic heterocycles. The van der Waals surface area contributed by atoms with Crippen LogP contribution in [0.25, 0.3) is 0 Å². The number of aromatic hydroxyl groups is 1. The second kappa shape index (κ2) is 5.10. The van der Waals surface area contributed by atoms with Crippen molar-refractivity contribution in [2.45, 2.75) is 39.0 Å². The number of rotatable bonds is 5. The Kier molecular flexibility index (Phi) is 3.54. The number of benzene rings is 1. The minimum Gasteiger partial charge on any atom is -0.508 e. The smallest absolute Gasteiger partial charge is 0.231 e. The molecule has 3 nitrogen and oxygen atoms in total. The second-order valence-corrected chi connectivity index (χ2v) is 4.14. The highest BCUT2D eigenvalue weighted by atomic mass is 16.7. The molecule has 0 fully saturated rings. The molecule has 0 radical (unpaired) electrons. The van der Waals surface area contributed by atoms with Crippen LogP contribution in [0.1, 0.15) is 38.2 Å². The van der Waals surface area contributed by atoms with Crippen molar-refractivity contribution in [2.75, 3.05) is 6.79 Å². The van der Waals surface area contributed by atoms with Gasteiger partial charge in [0.1, 0.15) is 5.75 Å². The van der Waals surface area contributed by atoms with Crippen LogP contribution in [0.15, 0.2) is 12.1 Å². The third-order valence-electron chi connectivity index (χ3n) is 2.87. The third-order valence-corrected chi connectivity index (χ3v) is 2.87. The summed E-state index contributed by atoms with van der Waals surface area (Å²) in [5.74, 6) is 1.72. The molecule has 3 heteroatoms. The molecular formula is C13H18O3. The van der Waals surface area contributed by atoms with Crippen LogP contribution in [0.3, 0.4) is 0 Å². The molecule has 0 spiro atoms. The van der Waals surface area contributed by atoms with E-state index in [0.717, 1.165) is 24.2 Å². The summed E-state index contributed by atoms with van der Waals surface area (Å²) in [5.41, 5.74) is 0.959. The molecular weight excluding hydrogens is 204 g/mol. The number of phenolic OH excluding ortho intramolecular Hbond substituents is 1. The molecule has 1 heterocycles. The Morgan fingerprint density at radius 1 is 1.12 bits per heavy atom. The lowest BCUT2D eigenvalue weighted by molar-refractivity contribution is 0.174. The highest BCUT2D eigenvalue weighted by Gasteiger charge is 2.16. The number of hydrogen-bond acceptors (Lipinski definition) is 3. The van der Waals surface area contributed by atoms with Crippen molar-refractivity contribution < 1.29 is 14.6 Å². The van der Waals surface area contributed by atoms with Crippen molar-refractivity contribution in [3.63, 3.8) is 0 Å². The summed E-state index contributed by atoms with van der Waals surface area (Å²) >= 11 is 0. The van der Waals surface area contributed by atoms with E-state index in [4.69, 9.17) is 9.47 Å². The van der Waals surface area contributed by atoms with Crippen LogP contribution in [0.2, 0.25) is 0 Å². The summed E-state index contributed by atoms with van der Waals surface area (Å²) in [5, 5.41) is 9.80. The molecule has 0 aromatic heterocycles. The first kappa shape index (κ1) is 11.1. The largest absolute Gasteiger partial charge is 0.508 e. The van der Waals surface area contributed by atoms with E-state index in [2.05, 4.69) is 6.92 Å². The molecule has 0 atom stereocenters. The fraction of sp³-hybridized carbons (Fsp3) is 0.538. The van der Waals surface area contributed by atoms with Crippen molar-refractivity contribution in [2.24, 2.45) is 0 Å². The van der Waals surface area contributed by atoms with Gasteiger partial charge in [-0.3, -0.25) is 0 Å². The summed E-state index contributed by atoms with van der Waals surface area (Å²) in [6.07, 6.45) is 5.71. The summed E-state index contributed by atoms with van der Waals surface area (Å²) < 4.78 is 10.5. The van der Waals surface area contributed by atoms with Gasteiger partial charge < -0.3 is 14.6 Å². The Bertz CT molecular complexity index is 360. The Morgan fingerprint density at radius 2 is 1.88 bits per heavy atom. The lowest BCUT2D eigenvalue weighted by atomic mass is 10.0. The number of unbranched alkanes of at least 4 members (excludes halogenated alkanes) is 3. The normalized spacial score (nSPS) is 13.1. The quantitative estimate of drug-likeness (QED) is 0.777. The van der Waals surface area contributed by atoms with Crippen LogP contribution in [-0.4, -0.2) is 11.9 Å². The van der Waals surface area contributed by atoms with Crippen molar-refractivity contribution in [1.29, 1.82) is 0 Å². The first-order chi connectivity index (χ1) is 7.81. The molecule has 0 saturated heterocycles. The van der Waals surface area contributed by atoms with Crippen LogP contribution in [-0.2, 0) is 6.42 Å². The Balaban J connectivity index is 1.98. The topological polar surface area (TPSA) is 38.7 Å². The third kappa shape index (κ3) is 2.40. The second-order valence-electron chi connectivity index (χ2n) is 4.14. The summed E-state index contributed by atoms with van der Waals surface area (Å²) in [6, 6.07) is 3.54. The van der Waals surface area contributed by atoms with Crippen LogP contribution in [0, 0.1) is 0 Å². The van der Waals surface area contributed by atoms with Crippen molar-refractivity contribution in [3.8, 4) is 17.2 Å². The fourth-order valence-electron chi connectivity index (χ4n) is 1.92. The van der Waals surface area contributed by atoms with Gasteiger partial charge in [0.25, 0.3) is 0 Å². The van der Waals surface area contributed by atoms with Crippen LogP contribution in [0.4, 0.5) is 0 Å². The van der Waals surface area contributed by atoms with Gasteiger partial charge in [-0.2, -0.15) is 0 Å². The number of hydrogen-bond donors (Lipinski definition) is 1. The van der Waals surface area contributed by atoms with Crippen molar-refractivity contribution >= 4 is 0 Å². The molecule has 0 bridgehead atoms. The average molecular weight is 222 g/mol. The maximum atomic E-state index is 9.80. The average Bonchev–Trinajstić information content (AvgIpc) is 2.71. The van der Waals surface area contributed by atoms with Crippen molar-refractivity contribution in [3.05, 3.63) is 17.7 Å². The van der Waals surface area contributed by atoms with E-state index in [1.54, 1.807) is 6.07 Å². The van der Waals surface area contributed by atoms with Gasteiger partial charge in [0.05, 0.1) is 0 Å². The van der Waals surface area contributed by atoms with Gasteiger partial charge in [0.15, 0.2) is 11.5 Å². The number of phenols is 1. The zero-order valence-electron chi connectivity index (χ0n) is 9.66. The number of ether oxygens (including phenoxy) is 2. The highest BCUT2D eigenvalue weighted by Crippen LogP contribution is 2.38. The molecule has 1 N–H and O–H groups in total.